The number of halogens is 1. The Hall–Kier alpha value is -2.56. The molecule has 2 bridgehead atoms. The van der Waals surface area contributed by atoms with E-state index in [0.717, 1.165) is 23.4 Å². The van der Waals surface area contributed by atoms with Gasteiger partial charge in [0.05, 0.1) is 11.4 Å². The Kier molecular flexibility index (Phi) is 3.96. The third-order valence-electron chi connectivity index (χ3n) is 8.20. The van der Waals surface area contributed by atoms with Crippen LogP contribution >= 0.6 is 0 Å². The first-order valence-electron chi connectivity index (χ1n) is 10.5. The van der Waals surface area contributed by atoms with Gasteiger partial charge in [-0.2, -0.15) is 0 Å². The average Bonchev–Trinajstić information content (AvgIpc) is 3.25. The molecule has 0 saturated heterocycles. The molecule has 0 radical (unpaired) electrons. The molecule has 2 heterocycles. The van der Waals surface area contributed by atoms with Crippen LogP contribution in [-0.4, -0.2) is 23.0 Å². The molecule has 4 nitrogen and oxygen atoms in total. The molecule has 0 aromatic heterocycles. The van der Waals surface area contributed by atoms with E-state index in [1.165, 1.54) is 25.0 Å². The van der Waals surface area contributed by atoms with Crippen molar-refractivity contribution in [3.63, 3.8) is 0 Å². The first kappa shape index (κ1) is 18.5. The number of allylic oxidation sites excluding steroid dienone is 3. The largest absolute Gasteiger partial charge is 0.355 e. The van der Waals surface area contributed by atoms with E-state index in [1.807, 2.05) is 29.3 Å². The van der Waals surface area contributed by atoms with Crippen LogP contribution in [0, 0.1) is 22.6 Å². The molecule has 5 heteroatoms. The summed E-state index contributed by atoms with van der Waals surface area (Å²) >= 11 is 0. The van der Waals surface area contributed by atoms with Gasteiger partial charge in [0.15, 0.2) is 6.17 Å². The Morgan fingerprint density at radius 3 is 2.62 bits per heavy atom. The Balaban J connectivity index is 1.39. The Morgan fingerprint density at radius 2 is 1.97 bits per heavy atom. The number of carbonyl (C=O) groups is 1. The van der Waals surface area contributed by atoms with E-state index in [1.54, 1.807) is 12.1 Å². The van der Waals surface area contributed by atoms with Crippen LogP contribution in [0.15, 0.2) is 54.4 Å². The highest BCUT2D eigenvalue weighted by Crippen LogP contribution is 2.65. The molecule has 1 aromatic rings. The summed E-state index contributed by atoms with van der Waals surface area (Å²) in [4.78, 5) is 15.3. The predicted molar refractivity (Wildman–Crippen MR) is 112 cm³/mol. The molecule has 2 fully saturated rings. The predicted octanol–water partition coefficient (Wildman–Crippen LogP) is 4.14. The van der Waals surface area contributed by atoms with Crippen molar-refractivity contribution in [3.05, 3.63) is 65.8 Å². The quantitative estimate of drug-likeness (QED) is 0.811. The summed E-state index contributed by atoms with van der Waals surface area (Å²) in [7, 11) is 0. The summed E-state index contributed by atoms with van der Waals surface area (Å²) in [5.41, 5.74) is 3.04. The van der Waals surface area contributed by atoms with Crippen LogP contribution in [0.4, 0.5) is 4.39 Å². The lowest BCUT2D eigenvalue weighted by Crippen LogP contribution is -2.54. The van der Waals surface area contributed by atoms with Gasteiger partial charge in [-0.3, -0.25) is 4.79 Å². The van der Waals surface area contributed by atoms with Crippen LogP contribution in [0.2, 0.25) is 0 Å². The maximum atomic E-state index is 13.4. The molecule has 152 valence electrons. The second-order valence-corrected chi connectivity index (χ2v) is 9.59. The second-order valence-electron chi connectivity index (χ2n) is 9.59. The molecule has 2 unspecified atom stereocenters. The van der Waals surface area contributed by atoms with Gasteiger partial charge in [-0.25, -0.2) is 4.39 Å². The Morgan fingerprint density at radius 1 is 1.21 bits per heavy atom. The van der Waals surface area contributed by atoms with E-state index in [-0.39, 0.29) is 28.6 Å². The second kappa shape index (κ2) is 6.22. The van der Waals surface area contributed by atoms with Gasteiger partial charge in [-0.05, 0) is 78.0 Å². The molecule has 2 aliphatic carbocycles. The molecule has 2 saturated carbocycles. The minimum atomic E-state index is -0.503. The number of fused-ring (bicyclic) bond motifs is 3. The summed E-state index contributed by atoms with van der Waals surface area (Å²) < 4.78 is 13.4. The number of rotatable bonds is 3. The molecule has 1 amide bonds. The van der Waals surface area contributed by atoms with Gasteiger partial charge < -0.3 is 15.5 Å². The summed E-state index contributed by atoms with van der Waals surface area (Å²) in [6.07, 6.45) is 10.8. The summed E-state index contributed by atoms with van der Waals surface area (Å²) in [6.45, 7) is 7.05. The third kappa shape index (κ3) is 2.59. The number of hydrogen-bond acceptors (Lipinski definition) is 3. The number of carbonyl (C=O) groups excluding carboxylic acids is 1. The molecular formula is C24H28FN3O. The van der Waals surface area contributed by atoms with Gasteiger partial charge in [0.25, 0.3) is 5.91 Å². The normalized spacial score (nSPS) is 33.8. The molecule has 4 atom stereocenters. The number of hydrogen-bond donors (Lipinski definition) is 2. The fourth-order valence-electron chi connectivity index (χ4n) is 5.89. The highest BCUT2D eigenvalue weighted by atomic mass is 19.1. The van der Waals surface area contributed by atoms with E-state index >= 15 is 0 Å². The van der Waals surface area contributed by atoms with Crippen molar-refractivity contribution in [1.82, 2.24) is 15.5 Å². The fraction of sp³-hybridized carbons (Fsp3) is 0.458. The molecule has 2 aliphatic heterocycles. The van der Waals surface area contributed by atoms with E-state index in [4.69, 9.17) is 0 Å². The highest BCUT2D eigenvalue weighted by molar-refractivity contribution is 5.88. The number of amides is 1. The zero-order chi connectivity index (χ0) is 20.4. The van der Waals surface area contributed by atoms with E-state index in [9.17, 15) is 9.18 Å². The van der Waals surface area contributed by atoms with Crippen molar-refractivity contribution in [3.8, 4) is 0 Å². The Bertz CT molecular complexity index is 945. The smallest absolute Gasteiger partial charge is 0.264 e. The van der Waals surface area contributed by atoms with E-state index < -0.39 is 6.17 Å². The topological polar surface area (TPSA) is 44.4 Å². The van der Waals surface area contributed by atoms with Gasteiger partial charge in [0.1, 0.15) is 5.82 Å². The van der Waals surface area contributed by atoms with Gasteiger partial charge >= 0.3 is 0 Å². The first-order chi connectivity index (χ1) is 13.8. The van der Waals surface area contributed by atoms with Gasteiger partial charge in [-0.15, -0.1) is 0 Å². The maximum absolute atomic E-state index is 13.4. The van der Waals surface area contributed by atoms with Crippen molar-refractivity contribution in [2.75, 3.05) is 0 Å². The average molecular weight is 394 g/mol. The number of benzene rings is 1. The van der Waals surface area contributed by atoms with Crippen LogP contribution in [0.5, 0.6) is 0 Å². The van der Waals surface area contributed by atoms with Gasteiger partial charge in [0, 0.05) is 12.2 Å². The number of nitrogens with zero attached hydrogens (tertiary/aromatic N) is 1. The van der Waals surface area contributed by atoms with Gasteiger partial charge in [0.2, 0.25) is 0 Å². The molecular weight excluding hydrogens is 365 g/mol. The minimum absolute atomic E-state index is 0.00543. The standard InChI is InChI=1S/C24H28FN3O/c1-23(2)16-11-12-24(23,3)19(14-16)26-22(29)21-27-20(15-7-9-17(25)10-8-15)18-6-4-5-13-28(18)21/h4-10,13,16,19,21,27H,11-12,14H2,1-3H3,(H,26,29)/t16?,19-,21?,24-/m0/s1. The highest BCUT2D eigenvalue weighted by Gasteiger charge is 2.61. The summed E-state index contributed by atoms with van der Waals surface area (Å²) in [6, 6.07) is 6.59. The molecule has 29 heavy (non-hydrogen) atoms. The molecule has 5 rings (SSSR count). The van der Waals surface area contributed by atoms with E-state index in [0.29, 0.717) is 5.92 Å². The molecule has 4 aliphatic rings. The van der Waals surface area contributed by atoms with Gasteiger partial charge in [-0.1, -0.05) is 26.8 Å². The van der Waals surface area contributed by atoms with Crippen molar-refractivity contribution in [1.29, 1.82) is 0 Å². The number of nitrogens with one attached hydrogen (secondary N) is 2. The van der Waals surface area contributed by atoms with E-state index in [2.05, 4.69) is 31.4 Å². The summed E-state index contributed by atoms with van der Waals surface area (Å²) in [5, 5.41) is 6.76. The summed E-state index contributed by atoms with van der Waals surface area (Å²) in [5.74, 6) is 0.402. The first-order valence-corrected chi connectivity index (χ1v) is 10.5. The molecule has 0 spiro atoms. The monoisotopic (exact) mass is 393 g/mol. The zero-order valence-corrected chi connectivity index (χ0v) is 17.2. The van der Waals surface area contributed by atoms with Crippen LogP contribution in [0.25, 0.3) is 5.70 Å². The third-order valence-corrected chi connectivity index (χ3v) is 8.20. The lowest BCUT2D eigenvalue weighted by atomic mass is 9.69. The van der Waals surface area contributed by atoms with Crippen molar-refractivity contribution in [2.24, 2.45) is 16.7 Å². The lowest BCUT2D eigenvalue weighted by molar-refractivity contribution is -0.127. The van der Waals surface area contributed by atoms with Crippen molar-refractivity contribution in [2.45, 2.75) is 52.2 Å². The van der Waals surface area contributed by atoms with Crippen molar-refractivity contribution >= 4 is 11.6 Å². The van der Waals surface area contributed by atoms with Crippen LogP contribution in [0.3, 0.4) is 0 Å². The lowest BCUT2D eigenvalue weighted by Gasteiger charge is -2.40. The Labute approximate surface area is 171 Å². The minimum Gasteiger partial charge on any atom is -0.355 e. The van der Waals surface area contributed by atoms with Crippen LogP contribution < -0.4 is 10.6 Å². The van der Waals surface area contributed by atoms with Crippen LogP contribution in [-0.2, 0) is 4.79 Å². The maximum Gasteiger partial charge on any atom is 0.264 e. The van der Waals surface area contributed by atoms with Crippen molar-refractivity contribution < 1.29 is 9.18 Å². The SMILES string of the molecule is CC1(C)C2CC[C@@]1(C)[C@@H](NC(=O)C1NC(c3ccc(F)cc3)=C3C=CC=CN31)C2. The molecule has 2 N–H and O–H groups in total. The fourth-order valence-corrected chi connectivity index (χ4v) is 5.89. The van der Waals surface area contributed by atoms with Crippen LogP contribution in [0.1, 0.15) is 45.6 Å². The zero-order valence-electron chi connectivity index (χ0n) is 17.2. The molecule has 1 aromatic carbocycles.